The minimum absolute atomic E-state index is 0.0141. The Morgan fingerprint density at radius 2 is 2.15 bits per heavy atom. The van der Waals surface area contributed by atoms with Gasteiger partial charge in [0, 0.05) is 49.7 Å². The molecule has 1 atom stereocenters. The predicted molar refractivity (Wildman–Crippen MR) is 96.8 cm³/mol. The van der Waals surface area contributed by atoms with E-state index in [1.165, 1.54) is 0 Å². The summed E-state index contributed by atoms with van der Waals surface area (Å²) in [5, 5.41) is 0. The highest BCUT2D eigenvalue weighted by atomic mass is 16.5. The summed E-state index contributed by atoms with van der Waals surface area (Å²) < 4.78 is 5.33. The van der Waals surface area contributed by atoms with E-state index >= 15 is 0 Å². The third-order valence-corrected chi connectivity index (χ3v) is 5.16. The Bertz CT molecular complexity index is 727. The number of H-pyrrole nitrogens is 1. The normalized spacial score (nSPS) is 21.7. The second-order valence-corrected chi connectivity index (χ2v) is 7.00. The minimum atomic E-state index is 0.0141. The summed E-state index contributed by atoms with van der Waals surface area (Å²) in [6, 6.07) is 5.84. The molecule has 2 aliphatic heterocycles. The first-order valence-electron chi connectivity index (χ1n) is 9.33. The summed E-state index contributed by atoms with van der Waals surface area (Å²) in [7, 11) is 0. The van der Waals surface area contributed by atoms with Crippen LogP contribution in [-0.2, 0) is 11.3 Å². The van der Waals surface area contributed by atoms with Gasteiger partial charge < -0.3 is 14.6 Å². The van der Waals surface area contributed by atoms with Gasteiger partial charge in [0.1, 0.15) is 5.69 Å². The number of pyridine rings is 1. The molecule has 2 aliphatic rings. The van der Waals surface area contributed by atoms with Crippen LogP contribution in [0.4, 0.5) is 0 Å². The molecule has 0 bridgehead atoms. The summed E-state index contributed by atoms with van der Waals surface area (Å²) in [4.78, 5) is 29.0. The van der Waals surface area contributed by atoms with Gasteiger partial charge in [0.2, 0.25) is 0 Å². The molecule has 0 aliphatic carbocycles. The molecule has 2 aromatic rings. The van der Waals surface area contributed by atoms with Crippen molar-refractivity contribution in [2.45, 2.75) is 25.3 Å². The molecule has 0 spiro atoms. The van der Waals surface area contributed by atoms with Crippen LogP contribution in [0, 0.1) is 0 Å². The maximum Gasteiger partial charge on any atom is 0.272 e. The number of carbonyl (C=O) groups is 1. The molecule has 2 saturated heterocycles. The van der Waals surface area contributed by atoms with E-state index in [0.717, 1.165) is 43.9 Å². The molecule has 0 saturated carbocycles. The Hall–Kier alpha value is -2.25. The smallest absolute Gasteiger partial charge is 0.272 e. The van der Waals surface area contributed by atoms with Crippen molar-refractivity contribution in [3.63, 3.8) is 0 Å². The number of hydrogen-bond donors (Lipinski definition) is 1. The summed E-state index contributed by atoms with van der Waals surface area (Å²) in [5.41, 5.74) is 2.71. The van der Waals surface area contributed by atoms with Crippen molar-refractivity contribution in [2.24, 2.45) is 0 Å². The highest BCUT2D eigenvalue weighted by Gasteiger charge is 2.25. The van der Waals surface area contributed by atoms with E-state index < -0.39 is 0 Å². The van der Waals surface area contributed by atoms with Crippen LogP contribution in [0.5, 0.6) is 0 Å². The number of amides is 1. The summed E-state index contributed by atoms with van der Waals surface area (Å²) in [5.74, 6) is 0.379. The molecule has 1 N–H and O–H groups in total. The van der Waals surface area contributed by atoms with E-state index in [1.54, 1.807) is 6.33 Å². The van der Waals surface area contributed by atoms with Crippen molar-refractivity contribution < 1.29 is 9.53 Å². The Kier molecular flexibility index (Phi) is 5.26. The van der Waals surface area contributed by atoms with E-state index in [2.05, 4.69) is 20.9 Å². The first kappa shape index (κ1) is 17.2. The number of likely N-dealkylation sites (tertiary alicyclic amines) is 1. The Balaban J connectivity index is 1.44. The number of imidazole rings is 1. The van der Waals surface area contributed by atoms with Gasteiger partial charge in [-0.25, -0.2) is 9.97 Å². The van der Waals surface area contributed by atoms with Crippen molar-refractivity contribution >= 4 is 5.91 Å². The van der Waals surface area contributed by atoms with Crippen LogP contribution in [-0.4, -0.2) is 70.1 Å². The Morgan fingerprint density at radius 1 is 1.27 bits per heavy atom. The summed E-state index contributed by atoms with van der Waals surface area (Å²) >= 11 is 0. The van der Waals surface area contributed by atoms with Gasteiger partial charge in [0.15, 0.2) is 0 Å². The fraction of sp³-hybridized carbons (Fsp3) is 0.526. The fourth-order valence-corrected chi connectivity index (χ4v) is 3.78. The van der Waals surface area contributed by atoms with Crippen molar-refractivity contribution in [3.8, 4) is 0 Å². The number of aromatic nitrogens is 3. The molecule has 1 amide bonds. The lowest BCUT2D eigenvalue weighted by molar-refractivity contribution is 0.0298. The molecule has 26 heavy (non-hydrogen) atoms. The third-order valence-electron chi connectivity index (χ3n) is 5.16. The number of hydrogen-bond acceptors (Lipinski definition) is 5. The molecule has 138 valence electrons. The lowest BCUT2D eigenvalue weighted by Crippen LogP contribution is -2.41. The third kappa shape index (κ3) is 3.94. The van der Waals surface area contributed by atoms with Crippen molar-refractivity contribution in [3.05, 3.63) is 47.8 Å². The van der Waals surface area contributed by atoms with Crippen molar-refractivity contribution in [1.29, 1.82) is 0 Å². The molecule has 7 heteroatoms. The minimum Gasteiger partial charge on any atom is -0.378 e. The van der Waals surface area contributed by atoms with Gasteiger partial charge in [-0.15, -0.1) is 0 Å². The Labute approximate surface area is 153 Å². The SMILES string of the molecule is O=C(c1cccc([C@@H]2CCCN(Cc3cnc[nH]3)C2)n1)N1CCOCC1. The fourth-order valence-electron chi connectivity index (χ4n) is 3.78. The average molecular weight is 355 g/mol. The molecule has 2 aromatic heterocycles. The number of rotatable bonds is 4. The second kappa shape index (κ2) is 7.97. The number of piperidine rings is 1. The maximum atomic E-state index is 12.7. The molecule has 0 unspecified atom stereocenters. The largest absolute Gasteiger partial charge is 0.378 e. The number of nitrogens with zero attached hydrogens (tertiary/aromatic N) is 4. The summed E-state index contributed by atoms with van der Waals surface area (Å²) in [6.45, 7) is 5.43. The number of carbonyl (C=O) groups excluding carboxylic acids is 1. The number of morpholine rings is 1. The van der Waals surface area contributed by atoms with E-state index in [9.17, 15) is 4.79 Å². The highest BCUT2D eigenvalue weighted by molar-refractivity contribution is 5.92. The topological polar surface area (TPSA) is 74.4 Å². The van der Waals surface area contributed by atoms with Crippen LogP contribution in [0.2, 0.25) is 0 Å². The van der Waals surface area contributed by atoms with Crippen LogP contribution < -0.4 is 0 Å². The molecule has 0 aromatic carbocycles. The van der Waals surface area contributed by atoms with Gasteiger partial charge in [-0.1, -0.05) is 6.07 Å². The standard InChI is InChI=1S/C19H25N5O2/c25-19(24-7-9-26-10-8-24)18-5-1-4-17(22-18)15-3-2-6-23(12-15)13-16-11-20-14-21-16/h1,4-5,11,14-15H,2-3,6-10,12-13H2,(H,20,21)/t15-/m1/s1. The molecule has 4 heterocycles. The van der Waals surface area contributed by atoms with Gasteiger partial charge >= 0.3 is 0 Å². The zero-order valence-electron chi connectivity index (χ0n) is 14.9. The molecule has 0 radical (unpaired) electrons. The molecular weight excluding hydrogens is 330 g/mol. The van der Waals surface area contributed by atoms with Crippen molar-refractivity contribution in [1.82, 2.24) is 24.8 Å². The maximum absolute atomic E-state index is 12.7. The zero-order valence-corrected chi connectivity index (χ0v) is 14.9. The van der Waals surface area contributed by atoms with Crippen LogP contribution in [0.1, 0.15) is 40.6 Å². The lowest BCUT2D eigenvalue weighted by atomic mass is 9.94. The van der Waals surface area contributed by atoms with Gasteiger partial charge in [0.05, 0.1) is 19.5 Å². The van der Waals surface area contributed by atoms with E-state index in [4.69, 9.17) is 9.72 Å². The zero-order chi connectivity index (χ0) is 17.8. The van der Waals surface area contributed by atoms with Crippen LogP contribution in [0.25, 0.3) is 0 Å². The first-order valence-corrected chi connectivity index (χ1v) is 9.33. The summed E-state index contributed by atoms with van der Waals surface area (Å²) in [6.07, 6.45) is 5.85. The van der Waals surface area contributed by atoms with Crippen LogP contribution in [0.3, 0.4) is 0 Å². The highest BCUT2D eigenvalue weighted by Crippen LogP contribution is 2.26. The molecular formula is C19H25N5O2. The quantitative estimate of drug-likeness (QED) is 0.903. The second-order valence-electron chi connectivity index (χ2n) is 7.00. The van der Waals surface area contributed by atoms with Gasteiger partial charge in [-0.05, 0) is 31.5 Å². The van der Waals surface area contributed by atoms with Crippen LogP contribution >= 0.6 is 0 Å². The van der Waals surface area contributed by atoms with E-state index in [-0.39, 0.29) is 5.91 Å². The van der Waals surface area contributed by atoms with Gasteiger partial charge in [-0.2, -0.15) is 0 Å². The monoisotopic (exact) mass is 355 g/mol. The van der Waals surface area contributed by atoms with Crippen LogP contribution in [0.15, 0.2) is 30.7 Å². The van der Waals surface area contributed by atoms with Gasteiger partial charge in [0.25, 0.3) is 5.91 Å². The number of ether oxygens (including phenoxy) is 1. The van der Waals surface area contributed by atoms with Gasteiger partial charge in [-0.3, -0.25) is 9.69 Å². The lowest BCUT2D eigenvalue weighted by Gasteiger charge is -2.32. The number of aromatic amines is 1. The predicted octanol–water partition coefficient (Wildman–Crippen LogP) is 1.66. The average Bonchev–Trinajstić information content (AvgIpc) is 3.21. The van der Waals surface area contributed by atoms with E-state index in [0.29, 0.717) is 37.9 Å². The molecule has 7 nitrogen and oxygen atoms in total. The number of nitrogens with one attached hydrogen (secondary N) is 1. The van der Waals surface area contributed by atoms with E-state index in [1.807, 2.05) is 23.2 Å². The van der Waals surface area contributed by atoms with Crippen molar-refractivity contribution in [2.75, 3.05) is 39.4 Å². The Morgan fingerprint density at radius 3 is 2.96 bits per heavy atom. The molecule has 4 rings (SSSR count). The first-order chi connectivity index (χ1) is 12.8. The molecule has 2 fully saturated rings.